The van der Waals surface area contributed by atoms with E-state index < -0.39 is 15.9 Å². The Hall–Kier alpha value is -3.21. The molecule has 0 radical (unpaired) electrons. The first kappa shape index (κ1) is 23.0. The lowest BCUT2D eigenvalue weighted by Crippen LogP contribution is -2.52. The van der Waals surface area contributed by atoms with Gasteiger partial charge >= 0.3 is 0 Å². The molecule has 1 saturated heterocycles. The molecule has 33 heavy (non-hydrogen) atoms. The van der Waals surface area contributed by atoms with E-state index in [1.165, 1.54) is 27.4 Å². The molecule has 2 amide bonds. The number of hydrogen-bond donors (Lipinski definition) is 1. The maximum atomic E-state index is 12.8. The number of aromatic nitrogens is 1. The van der Waals surface area contributed by atoms with Crippen molar-refractivity contribution in [3.8, 4) is 11.3 Å². The quantitative estimate of drug-likeness (QED) is 0.569. The molecule has 0 spiro atoms. The highest BCUT2D eigenvalue weighted by Crippen LogP contribution is 2.25. The second-order valence-electron chi connectivity index (χ2n) is 7.34. The fourth-order valence-electron chi connectivity index (χ4n) is 3.45. The van der Waals surface area contributed by atoms with Crippen molar-refractivity contribution in [3.05, 3.63) is 71.4 Å². The molecule has 1 aliphatic rings. The minimum Gasteiger partial charge on any atom is -0.355 e. The average Bonchev–Trinajstić information content (AvgIpc) is 3.34. The van der Waals surface area contributed by atoms with Crippen LogP contribution >= 0.6 is 11.6 Å². The number of sulfonamides is 1. The fraction of sp³-hybridized carbons (Fsp3) is 0.227. The molecule has 4 rings (SSSR count). The summed E-state index contributed by atoms with van der Waals surface area (Å²) in [5.41, 5.74) is 0.849. The van der Waals surface area contributed by atoms with Gasteiger partial charge in [-0.1, -0.05) is 59.2 Å². The number of carbonyl (C=O) groups is 2. The molecular formula is C22H21ClN4O5S. The third-order valence-electron chi connectivity index (χ3n) is 5.25. The van der Waals surface area contributed by atoms with Gasteiger partial charge in [-0.3, -0.25) is 9.59 Å². The summed E-state index contributed by atoms with van der Waals surface area (Å²) in [5, 5.41) is 6.45. The predicted molar refractivity (Wildman–Crippen MR) is 121 cm³/mol. The highest BCUT2D eigenvalue weighted by Gasteiger charge is 2.31. The molecule has 1 aliphatic heterocycles. The Labute approximate surface area is 196 Å². The van der Waals surface area contributed by atoms with Crippen LogP contribution < -0.4 is 5.32 Å². The van der Waals surface area contributed by atoms with Gasteiger partial charge < -0.3 is 14.7 Å². The molecule has 1 fully saturated rings. The van der Waals surface area contributed by atoms with Gasteiger partial charge in [0.05, 0.1) is 11.6 Å². The number of benzene rings is 2. The van der Waals surface area contributed by atoms with Crippen LogP contribution in [0.1, 0.15) is 10.5 Å². The van der Waals surface area contributed by atoms with Gasteiger partial charge in [-0.2, -0.15) is 4.31 Å². The van der Waals surface area contributed by atoms with Crippen LogP contribution in [0.5, 0.6) is 0 Å². The zero-order valence-corrected chi connectivity index (χ0v) is 19.1. The smallest absolute Gasteiger partial charge is 0.273 e. The van der Waals surface area contributed by atoms with Crippen molar-refractivity contribution in [2.24, 2.45) is 0 Å². The third kappa shape index (κ3) is 5.08. The molecule has 11 heteroatoms. The zero-order valence-electron chi connectivity index (χ0n) is 17.5. The molecule has 172 valence electrons. The molecule has 2 heterocycles. The molecule has 9 nitrogen and oxygen atoms in total. The molecule has 1 N–H and O–H groups in total. The number of amides is 2. The monoisotopic (exact) mass is 488 g/mol. The number of hydrogen-bond acceptors (Lipinski definition) is 6. The standard InChI is InChI=1S/C22H21ClN4O5S/c23-17-8-4-5-9-20(17)33(30,31)27-12-10-26(11-13-27)21(28)15-24-22(29)18-14-19(32-25-18)16-6-2-1-3-7-16/h1-9,14H,10-13,15H2,(H,24,29). The number of carbonyl (C=O) groups excluding carboxylic acids is 2. The van der Waals surface area contributed by atoms with Crippen molar-refractivity contribution >= 4 is 33.4 Å². The molecule has 0 bridgehead atoms. The topological polar surface area (TPSA) is 113 Å². The Morgan fingerprint density at radius 1 is 1.00 bits per heavy atom. The summed E-state index contributed by atoms with van der Waals surface area (Å²) in [5.74, 6) is -0.401. The number of piperazine rings is 1. The Morgan fingerprint density at radius 3 is 2.36 bits per heavy atom. The summed E-state index contributed by atoms with van der Waals surface area (Å²) >= 11 is 6.04. The molecule has 2 aromatic carbocycles. The van der Waals surface area contributed by atoms with Crippen LogP contribution in [0.3, 0.4) is 0 Å². The minimum atomic E-state index is -3.75. The van der Waals surface area contributed by atoms with E-state index >= 15 is 0 Å². The van der Waals surface area contributed by atoms with E-state index in [1.54, 1.807) is 12.1 Å². The lowest BCUT2D eigenvalue weighted by Gasteiger charge is -2.34. The van der Waals surface area contributed by atoms with Crippen molar-refractivity contribution in [1.82, 2.24) is 19.7 Å². The summed E-state index contributed by atoms with van der Waals surface area (Å²) in [4.78, 5) is 26.4. The van der Waals surface area contributed by atoms with Gasteiger partial charge in [-0.05, 0) is 12.1 Å². The number of nitrogens with zero attached hydrogens (tertiary/aromatic N) is 3. The van der Waals surface area contributed by atoms with Crippen molar-refractivity contribution in [1.29, 1.82) is 0 Å². The number of halogens is 1. The first-order valence-corrected chi connectivity index (χ1v) is 12.0. The van der Waals surface area contributed by atoms with Gasteiger partial charge in [0.15, 0.2) is 11.5 Å². The van der Waals surface area contributed by atoms with Gasteiger partial charge in [0.1, 0.15) is 4.90 Å². The van der Waals surface area contributed by atoms with Crippen molar-refractivity contribution in [2.75, 3.05) is 32.7 Å². The molecule has 0 unspecified atom stereocenters. The van der Waals surface area contributed by atoms with E-state index in [0.717, 1.165) is 5.56 Å². The minimum absolute atomic E-state index is 0.0428. The van der Waals surface area contributed by atoms with E-state index in [-0.39, 0.29) is 54.2 Å². The average molecular weight is 489 g/mol. The van der Waals surface area contributed by atoms with E-state index in [1.807, 2.05) is 30.3 Å². The van der Waals surface area contributed by atoms with Crippen LogP contribution in [-0.2, 0) is 14.8 Å². The van der Waals surface area contributed by atoms with E-state index in [2.05, 4.69) is 10.5 Å². The lowest BCUT2D eigenvalue weighted by molar-refractivity contribution is -0.131. The largest absolute Gasteiger partial charge is 0.355 e. The van der Waals surface area contributed by atoms with Crippen LogP contribution in [-0.4, -0.2) is 67.3 Å². The second-order valence-corrected chi connectivity index (χ2v) is 9.65. The van der Waals surface area contributed by atoms with Gasteiger partial charge in [-0.15, -0.1) is 0 Å². The summed E-state index contributed by atoms with van der Waals surface area (Å²) in [6.45, 7) is 0.457. The van der Waals surface area contributed by atoms with Crippen LogP contribution in [0.25, 0.3) is 11.3 Å². The summed E-state index contributed by atoms with van der Waals surface area (Å²) < 4.78 is 32.2. The van der Waals surface area contributed by atoms with Gasteiger partial charge in [-0.25, -0.2) is 8.42 Å². The molecule has 0 atom stereocenters. The van der Waals surface area contributed by atoms with Gasteiger partial charge in [0.25, 0.3) is 5.91 Å². The van der Waals surface area contributed by atoms with Crippen molar-refractivity contribution in [2.45, 2.75) is 4.90 Å². The SMILES string of the molecule is O=C(NCC(=O)N1CCN(S(=O)(=O)c2ccccc2Cl)CC1)c1cc(-c2ccccc2)on1. The summed E-state index contributed by atoms with van der Waals surface area (Å²) in [7, 11) is -3.75. The van der Waals surface area contributed by atoms with Crippen LogP contribution in [0.4, 0.5) is 0 Å². The normalized spacial score (nSPS) is 14.8. The summed E-state index contributed by atoms with van der Waals surface area (Å²) in [6.07, 6.45) is 0. The Bertz CT molecular complexity index is 1250. The Morgan fingerprint density at radius 2 is 1.67 bits per heavy atom. The lowest BCUT2D eigenvalue weighted by atomic mass is 10.1. The number of rotatable bonds is 6. The second kappa shape index (κ2) is 9.74. The molecule has 0 aliphatic carbocycles. The first-order valence-electron chi connectivity index (χ1n) is 10.2. The highest BCUT2D eigenvalue weighted by molar-refractivity contribution is 7.89. The Kier molecular flexibility index (Phi) is 6.77. The molecular weight excluding hydrogens is 468 g/mol. The first-order chi connectivity index (χ1) is 15.9. The fourth-order valence-corrected chi connectivity index (χ4v) is 5.37. The molecule has 3 aromatic rings. The summed E-state index contributed by atoms with van der Waals surface area (Å²) in [6, 6.07) is 17.0. The highest BCUT2D eigenvalue weighted by atomic mass is 35.5. The van der Waals surface area contributed by atoms with E-state index in [9.17, 15) is 18.0 Å². The van der Waals surface area contributed by atoms with E-state index in [4.69, 9.17) is 16.1 Å². The van der Waals surface area contributed by atoms with Crippen LogP contribution in [0, 0.1) is 0 Å². The van der Waals surface area contributed by atoms with Gasteiger partial charge in [0.2, 0.25) is 15.9 Å². The number of nitrogens with one attached hydrogen (secondary N) is 1. The van der Waals surface area contributed by atoms with Crippen molar-refractivity contribution < 1.29 is 22.5 Å². The van der Waals surface area contributed by atoms with Crippen molar-refractivity contribution in [3.63, 3.8) is 0 Å². The zero-order chi connectivity index (χ0) is 23.4. The molecule has 0 saturated carbocycles. The molecule has 1 aromatic heterocycles. The van der Waals surface area contributed by atoms with Crippen LogP contribution in [0.2, 0.25) is 5.02 Å². The predicted octanol–water partition coefficient (Wildman–Crippen LogP) is 2.26. The van der Waals surface area contributed by atoms with E-state index in [0.29, 0.717) is 5.76 Å². The van der Waals surface area contributed by atoms with Crippen LogP contribution in [0.15, 0.2) is 70.1 Å². The Balaban J connectivity index is 1.30. The maximum Gasteiger partial charge on any atom is 0.273 e. The third-order valence-corrected chi connectivity index (χ3v) is 7.65. The van der Waals surface area contributed by atoms with Gasteiger partial charge in [0, 0.05) is 37.8 Å². The maximum absolute atomic E-state index is 12.8.